The predicted octanol–water partition coefficient (Wildman–Crippen LogP) is 0.351. The molecule has 0 radical (unpaired) electrons. The van der Waals surface area contributed by atoms with Crippen LogP contribution in [0.2, 0.25) is 0 Å². The zero-order valence-corrected chi connectivity index (χ0v) is 18.8. The number of ether oxygens (including phenoxy) is 6. The van der Waals surface area contributed by atoms with Crippen molar-refractivity contribution in [2.45, 2.75) is 64.1 Å². The highest BCUT2D eigenvalue weighted by Crippen LogP contribution is 2.47. The Bertz CT molecular complexity index is 1070. The van der Waals surface area contributed by atoms with Gasteiger partial charge in [0.25, 0.3) is 5.91 Å². The van der Waals surface area contributed by atoms with Gasteiger partial charge in [-0.1, -0.05) is 0 Å². The Kier molecular flexibility index (Phi) is 6.07. The topological polar surface area (TPSA) is 153 Å². The van der Waals surface area contributed by atoms with Crippen LogP contribution in [0.15, 0.2) is 12.1 Å². The standard InChI is InChI=1S/C22H23NO11/c1-8(24)31-18-16-12-5-14-15(30-7-29-14)6-13(12)22(28)23-17(16)19(32-9(2)25)21(34-11(4)27)20(18)33-10(3)26/h5-6,16-21H,7H2,1-4H3,(H,23,28)/t16-,17+,18+,19-,20-,21-/m0/s1. The Morgan fingerprint density at radius 3 is 1.79 bits per heavy atom. The molecule has 2 aliphatic heterocycles. The Morgan fingerprint density at radius 1 is 0.765 bits per heavy atom. The third-order valence-electron chi connectivity index (χ3n) is 5.72. The number of hydrogen-bond acceptors (Lipinski definition) is 11. The van der Waals surface area contributed by atoms with E-state index in [1.807, 2.05) is 0 Å². The Morgan fingerprint density at radius 2 is 1.24 bits per heavy atom. The second-order valence-electron chi connectivity index (χ2n) is 8.11. The van der Waals surface area contributed by atoms with Crippen molar-refractivity contribution in [3.63, 3.8) is 0 Å². The number of amides is 1. The van der Waals surface area contributed by atoms with E-state index in [0.717, 1.165) is 20.8 Å². The minimum absolute atomic E-state index is 0.0397. The van der Waals surface area contributed by atoms with Gasteiger partial charge in [0.15, 0.2) is 35.9 Å². The van der Waals surface area contributed by atoms with E-state index in [1.165, 1.54) is 13.0 Å². The molecule has 3 aliphatic rings. The fourth-order valence-corrected chi connectivity index (χ4v) is 4.71. The third kappa shape index (κ3) is 4.22. The molecule has 1 aromatic carbocycles. The number of carbonyl (C=O) groups excluding carboxylic acids is 5. The molecule has 0 unspecified atom stereocenters. The average Bonchev–Trinajstić information content (AvgIpc) is 3.18. The van der Waals surface area contributed by atoms with Gasteiger partial charge in [-0.15, -0.1) is 0 Å². The molecule has 1 fully saturated rings. The Hall–Kier alpha value is -3.83. The van der Waals surface area contributed by atoms with Crippen molar-refractivity contribution in [1.82, 2.24) is 5.32 Å². The van der Waals surface area contributed by atoms with Gasteiger partial charge in [0.1, 0.15) is 0 Å². The van der Waals surface area contributed by atoms with Gasteiger partial charge >= 0.3 is 23.9 Å². The number of benzene rings is 1. The maximum absolute atomic E-state index is 13.0. The van der Waals surface area contributed by atoms with Crippen molar-refractivity contribution >= 4 is 29.8 Å². The number of esters is 4. The van der Waals surface area contributed by atoms with Crippen molar-refractivity contribution in [3.8, 4) is 11.5 Å². The van der Waals surface area contributed by atoms with Gasteiger partial charge in [0.05, 0.1) is 6.04 Å². The molecule has 12 nitrogen and oxygen atoms in total. The summed E-state index contributed by atoms with van der Waals surface area (Å²) >= 11 is 0. The van der Waals surface area contributed by atoms with Crippen LogP contribution >= 0.6 is 0 Å². The lowest BCUT2D eigenvalue weighted by molar-refractivity contribution is -0.217. The first-order chi connectivity index (χ1) is 16.1. The van der Waals surface area contributed by atoms with E-state index in [4.69, 9.17) is 28.4 Å². The van der Waals surface area contributed by atoms with E-state index in [0.29, 0.717) is 17.1 Å². The predicted molar refractivity (Wildman–Crippen MR) is 109 cm³/mol. The highest BCUT2D eigenvalue weighted by molar-refractivity contribution is 5.98. The number of fused-ring (bicyclic) bond motifs is 4. The number of rotatable bonds is 4. The molecule has 1 aliphatic carbocycles. The fourth-order valence-electron chi connectivity index (χ4n) is 4.71. The molecule has 1 N–H and O–H groups in total. The van der Waals surface area contributed by atoms with Gasteiger partial charge in [0, 0.05) is 39.2 Å². The van der Waals surface area contributed by atoms with Crippen molar-refractivity contribution in [2.75, 3.05) is 6.79 Å². The summed E-state index contributed by atoms with van der Waals surface area (Å²) in [6.45, 7) is 4.54. The Balaban J connectivity index is 1.91. The van der Waals surface area contributed by atoms with Gasteiger partial charge in [-0.2, -0.15) is 0 Å². The van der Waals surface area contributed by atoms with Gasteiger partial charge in [0.2, 0.25) is 6.79 Å². The summed E-state index contributed by atoms with van der Waals surface area (Å²) in [5, 5.41) is 2.77. The van der Waals surface area contributed by atoms with E-state index >= 15 is 0 Å². The van der Waals surface area contributed by atoms with Crippen LogP contribution in [0.25, 0.3) is 0 Å². The highest BCUT2D eigenvalue weighted by Gasteiger charge is 2.60. The molecule has 0 aromatic heterocycles. The minimum atomic E-state index is -1.37. The molecule has 2 heterocycles. The Labute approximate surface area is 193 Å². The molecular formula is C22H23NO11. The van der Waals surface area contributed by atoms with Crippen LogP contribution in [-0.2, 0) is 38.1 Å². The number of hydrogen-bond donors (Lipinski definition) is 1. The van der Waals surface area contributed by atoms with E-state index in [-0.39, 0.29) is 12.4 Å². The monoisotopic (exact) mass is 477 g/mol. The average molecular weight is 477 g/mol. The van der Waals surface area contributed by atoms with Gasteiger partial charge in [-0.25, -0.2) is 0 Å². The van der Waals surface area contributed by atoms with Crippen LogP contribution in [0.3, 0.4) is 0 Å². The van der Waals surface area contributed by atoms with E-state index in [2.05, 4.69) is 5.32 Å². The highest BCUT2D eigenvalue weighted by atomic mass is 16.7. The number of carbonyl (C=O) groups is 5. The van der Waals surface area contributed by atoms with Crippen LogP contribution in [0.5, 0.6) is 11.5 Å². The lowest BCUT2D eigenvalue weighted by Crippen LogP contribution is -2.69. The lowest BCUT2D eigenvalue weighted by Gasteiger charge is -2.50. The quantitative estimate of drug-likeness (QED) is 0.472. The van der Waals surface area contributed by atoms with Crippen LogP contribution in [0.1, 0.15) is 49.5 Å². The minimum Gasteiger partial charge on any atom is -0.458 e. The largest absolute Gasteiger partial charge is 0.458 e. The molecular weight excluding hydrogens is 454 g/mol. The molecule has 1 amide bonds. The first kappa shape index (κ1) is 23.3. The molecule has 1 aromatic rings. The van der Waals surface area contributed by atoms with Gasteiger partial charge in [-0.3, -0.25) is 24.0 Å². The maximum atomic E-state index is 13.0. The van der Waals surface area contributed by atoms with Crippen LogP contribution in [0, 0.1) is 0 Å². The zero-order valence-electron chi connectivity index (χ0n) is 18.8. The van der Waals surface area contributed by atoms with Crippen LogP contribution < -0.4 is 14.8 Å². The van der Waals surface area contributed by atoms with Crippen LogP contribution in [0.4, 0.5) is 0 Å². The van der Waals surface area contributed by atoms with Crippen LogP contribution in [-0.4, -0.2) is 67.0 Å². The van der Waals surface area contributed by atoms with Gasteiger partial charge < -0.3 is 33.7 Å². The van der Waals surface area contributed by atoms with Crippen molar-refractivity contribution in [3.05, 3.63) is 23.3 Å². The molecule has 0 saturated heterocycles. The lowest BCUT2D eigenvalue weighted by atomic mass is 9.69. The van der Waals surface area contributed by atoms with Gasteiger partial charge in [-0.05, 0) is 17.7 Å². The summed E-state index contributed by atoms with van der Waals surface area (Å²) in [4.78, 5) is 61.0. The number of nitrogens with one attached hydrogen (secondary N) is 1. The molecule has 12 heteroatoms. The molecule has 4 rings (SSSR count). The van der Waals surface area contributed by atoms with E-state index < -0.39 is 66.2 Å². The second kappa shape index (κ2) is 8.84. The molecule has 6 atom stereocenters. The zero-order chi connectivity index (χ0) is 24.7. The fraction of sp³-hybridized carbons (Fsp3) is 0.500. The summed E-state index contributed by atoms with van der Waals surface area (Å²) in [5.41, 5.74) is 0.622. The SMILES string of the molecule is CC(=O)O[C@@H]1[C@@H](OC(C)=O)[C@H](OC(C)=O)[C@H]2c3cc4c(cc3C(=O)N[C@H]2[C@@H]1OC(C)=O)OCO4. The second-order valence-corrected chi connectivity index (χ2v) is 8.11. The van der Waals surface area contributed by atoms with Crippen molar-refractivity contribution in [1.29, 1.82) is 0 Å². The molecule has 34 heavy (non-hydrogen) atoms. The first-order valence-corrected chi connectivity index (χ1v) is 10.5. The maximum Gasteiger partial charge on any atom is 0.303 e. The third-order valence-corrected chi connectivity index (χ3v) is 5.72. The summed E-state index contributed by atoms with van der Waals surface area (Å²) < 4.78 is 32.7. The molecule has 0 spiro atoms. The van der Waals surface area contributed by atoms with Crippen molar-refractivity contribution < 1.29 is 52.4 Å². The van der Waals surface area contributed by atoms with Crippen molar-refractivity contribution in [2.24, 2.45) is 0 Å². The smallest absolute Gasteiger partial charge is 0.303 e. The molecule has 0 bridgehead atoms. The first-order valence-electron chi connectivity index (χ1n) is 10.5. The summed E-state index contributed by atoms with van der Waals surface area (Å²) in [6, 6.07) is 2.07. The van der Waals surface area contributed by atoms with E-state index in [9.17, 15) is 24.0 Å². The summed E-state index contributed by atoms with van der Waals surface area (Å²) in [6.07, 6.45) is -5.18. The summed E-state index contributed by atoms with van der Waals surface area (Å²) in [7, 11) is 0. The summed E-state index contributed by atoms with van der Waals surface area (Å²) in [5.74, 6) is -3.57. The normalized spacial score (nSPS) is 28.5. The van der Waals surface area contributed by atoms with E-state index in [1.54, 1.807) is 6.07 Å². The molecule has 182 valence electrons. The molecule has 1 saturated carbocycles.